The molecule has 1 aromatic heterocycles. The van der Waals surface area contributed by atoms with E-state index < -0.39 is 6.04 Å². The first-order valence-electron chi connectivity index (χ1n) is 12.3. The van der Waals surface area contributed by atoms with Gasteiger partial charge in [0, 0.05) is 42.2 Å². The summed E-state index contributed by atoms with van der Waals surface area (Å²) in [6.07, 6.45) is 3.09. The van der Waals surface area contributed by atoms with Crippen LogP contribution in [0.1, 0.15) is 24.5 Å². The molecule has 4 heterocycles. The first-order valence-corrected chi connectivity index (χ1v) is 13.2. The van der Waals surface area contributed by atoms with E-state index in [-0.39, 0.29) is 17.1 Å². The highest BCUT2D eigenvalue weighted by Crippen LogP contribution is 2.36. The van der Waals surface area contributed by atoms with E-state index in [0.717, 1.165) is 27.7 Å². The molecule has 2 amide bonds. The number of amidine groups is 2. The molecule has 1 saturated heterocycles. The Balaban J connectivity index is 1.31. The summed E-state index contributed by atoms with van der Waals surface area (Å²) >= 11 is 1.36. The molecule has 8 nitrogen and oxygen atoms in total. The second-order valence-corrected chi connectivity index (χ2v) is 10.2. The molecule has 3 aliphatic heterocycles. The molecule has 184 valence electrons. The summed E-state index contributed by atoms with van der Waals surface area (Å²) in [5.74, 6) is 0.573. The maximum atomic E-state index is 13.8. The van der Waals surface area contributed by atoms with Gasteiger partial charge in [-0.05, 0) is 30.2 Å². The number of rotatable bonds is 5. The second-order valence-electron chi connectivity index (χ2n) is 9.07. The number of hydrogen-bond donors (Lipinski definition) is 1. The summed E-state index contributed by atoms with van der Waals surface area (Å²) in [6, 6.07) is 15.3. The smallest absolute Gasteiger partial charge is 0.259 e. The Kier molecular flexibility index (Phi) is 6.10. The normalized spacial score (nSPS) is 20.1. The molecule has 0 aliphatic carbocycles. The highest BCUT2D eigenvalue weighted by Gasteiger charge is 2.43. The molecule has 0 spiro atoms. The van der Waals surface area contributed by atoms with Gasteiger partial charge in [0.25, 0.3) is 5.91 Å². The van der Waals surface area contributed by atoms with Crippen molar-refractivity contribution < 1.29 is 14.3 Å². The van der Waals surface area contributed by atoms with E-state index in [9.17, 15) is 9.59 Å². The molecule has 0 radical (unpaired) electrons. The van der Waals surface area contributed by atoms with Crippen molar-refractivity contribution in [1.29, 1.82) is 0 Å². The fourth-order valence-electron chi connectivity index (χ4n) is 4.95. The van der Waals surface area contributed by atoms with Gasteiger partial charge in [0.2, 0.25) is 5.91 Å². The summed E-state index contributed by atoms with van der Waals surface area (Å²) in [4.78, 5) is 43.5. The van der Waals surface area contributed by atoms with Gasteiger partial charge in [-0.1, -0.05) is 49.0 Å². The Labute approximate surface area is 213 Å². The van der Waals surface area contributed by atoms with Crippen LogP contribution in [0.25, 0.3) is 10.9 Å². The molecule has 2 unspecified atom stereocenters. The Bertz CT molecular complexity index is 1390. The van der Waals surface area contributed by atoms with Crippen LogP contribution in [0.2, 0.25) is 0 Å². The number of aromatic nitrogens is 1. The topological polar surface area (TPSA) is 90.4 Å². The van der Waals surface area contributed by atoms with Crippen LogP contribution in [-0.4, -0.2) is 75.2 Å². The highest BCUT2D eigenvalue weighted by atomic mass is 32.2. The lowest BCUT2D eigenvalue weighted by atomic mass is 10.1. The zero-order valence-corrected chi connectivity index (χ0v) is 20.8. The maximum Gasteiger partial charge on any atom is 0.259 e. The molecule has 2 aromatic carbocycles. The number of fused-ring (bicyclic) bond motifs is 4. The van der Waals surface area contributed by atoms with Crippen LogP contribution in [0.4, 0.5) is 5.69 Å². The van der Waals surface area contributed by atoms with E-state index >= 15 is 0 Å². The lowest BCUT2D eigenvalue weighted by Crippen LogP contribution is -2.46. The minimum absolute atomic E-state index is 0.0628. The fraction of sp³-hybridized carbons (Fsp3) is 0.333. The van der Waals surface area contributed by atoms with E-state index in [2.05, 4.69) is 11.1 Å². The molecule has 3 aliphatic rings. The monoisotopic (exact) mass is 501 g/mol. The molecule has 3 aromatic rings. The van der Waals surface area contributed by atoms with Crippen LogP contribution >= 0.6 is 11.8 Å². The Morgan fingerprint density at radius 2 is 1.94 bits per heavy atom. The van der Waals surface area contributed by atoms with Crippen molar-refractivity contribution in [2.24, 2.45) is 9.98 Å². The van der Waals surface area contributed by atoms with Gasteiger partial charge >= 0.3 is 0 Å². The van der Waals surface area contributed by atoms with Crippen molar-refractivity contribution in [1.82, 2.24) is 14.8 Å². The van der Waals surface area contributed by atoms with E-state index in [1.165, 1.54) is 11.8 Å². The van der Waals surface area contributed by atoms with Gasteiger partial charge in [-0.3, -0.25) is 14.6 Å². The zero-order valence-electron chi connectivity index (χ0n) is 20.0. The van der Waals surface area contributed by atoms with Crippen LogP contribution in [0.3, 0.4) is 0 Å². The van der Waals surface area contributed by atoms with Crippen LogP contribution in [-0.2, 0) is 20.7 Å². The van der Waals surface area contributed by atoms with Gasteiger partial charge in [0.15, 0.2) is 5.17 Å². The standard InChI is InChI=1S/C27H27N5O3S/c1-2-23(26(34)31-11-13-35-14-12-31)36-27-30-21-10-6-4-8-19(21)24-29-22(25(33)32(24)27)15-17-16-28-20-9-5-3-7-18(17)20/h3-10,16,22-23,28H,2,11-15H2,1H3. The molecule has 2 atom stereocenters. The highest BCUT2D eigenvalue weighted by molar-refractivity contribution is 8.15. The van der Waals surface area contributed by atoms with Crippen molar-refractivity contribution in [3.8, 4) is 0 Å². The quantitative estimate of drug-likeness (QED) is 0.577. The number of carbonyl (C=O) groups excluding carboxylic acids is 2. The van der Waals surface area contributed by atoms with Gasteiger partial charge in [-0.2, -0.15) is 0 Å². The Hall–Kier alpha value is -3.43. The number of morpholine rings is 1. The van der Waals surface area contributed by atoms with E-state index in [0.29, 0.717) is 50.1 Å². The molecular formula is C27H27N5O3S. The van der Waals surface area contributed by atoms with Crippen molar-refractivity contribution >= 4 is 51.2 Å². The van der Waals surface area contributed by atoms with Gasteiger partial charge in [-0.25, -0.2) is 9.89 Å². The Morgan fingerprint density at radius 1 is 1.17 bits per heavy atom. The van der Waals surface area contributed by atoms with Crippen LogP contribution in [0.15, 0.2) is 64.7 Å². The predicted octanol–water partition coefficient (Wildman–Crippen LogP) is 3.74. The molecule has 1 N–H and O–H groups in total. The largest absolute Gasteiger partial charge is 0.378 e. The number of thioether (sulfide) groups is 1. The molecule has 36 heavy (non-hydrogen) atoms. The summed E-state index contributed by atoms with van der Waals surface area (Å²) in [5, 5.41) is 1.28. The number of aliphatic imine (C=N–C) groups is 2. The van der Waals surface area contributed by atoms with Gasteiger partial charge in [0.1, 0.15) is 11.9 Å². The summed E-state index contributed by atoms with van der Waals surface area (Å²) in [7, 11) is 0. The number of para-hydroxylation sites is 2. The van der Waals surface area contributed by atoms with Gasteiger partial charge < -0.3 is 14.6 Å². The first-order chi connectivity index (χ1) is 17.6. The Morgan fingerprint density at radius 3 is 2.78 bits per heavy atom. The number of ether oxygens (including phenoxy) is 1. The lowest BCUT2D eigenvalue weighted by Gasteiger charge is -2.31. The van der Waals surface area contributed by atoms with Crippen LogP contribution < -0.4 is 0 Å². The number of carbonyl (C=O) groups is 2. The zero-order chi connectivity index (χ0) is 24.6. The number of benzene rings is 2. The van der Waals surface area contributed by atoms with Crippen LogP contribution in [0, 0.1) is 0 Å². The van der Waals surface area contributed by atoms with Crippen molar-refractivity contribution in [2.45, 2.75) is 31.1 Å². The summed E-state index contributed by atoms with van der Waals surface area (Å²) < 4.78 is 5.41. The van der Waals surface area contributed by atoms with Crippen molar-refractivity contribution in [2.75, 3.05) is 26.3 Å². The molecule has 0 bridgehead atoms. The maximum absolute atomic E-state index is 13.8. The third-order valence-corrected chi connectivity index (χ3v) is 8.16. The number of nitrogens with zero attached hydrogens (tertiary/aromatic N) is 4. The number of hydrogen-bond acceptors (Lipinski definition) is 6. The van der Waals surface area contributed by atoms with E-state index in [1.807, 2.05) is 60.5 Å². The number of H-pyrrole nitrogens is 1. The number of amides is 2. The summed E-state index contributed by atoms with van der Waals surface area (Å²) in [6.45, 7) is 4.28. The number of nitrogens with one attached hydrogen (secondary N) is 1. The lowest BCUT2D eigenvalue weighted by molar-refractivity contribution is -0.134. The minimum Gasteiger partial charge on any atom is -0.378 e. The SMILES string of the molecule is CCC(SC1=Nc2ccccc2C2=NC(Cc3c[nH]c4ccccc34)C(=O)N12)C(=O)N1CCOCC1. The van der Waals surface area contributed by atoms with Gasteiger partial charge in [-0.15, -0.1) is 0 Å². The average molecular weight is 502 g/mol. The first kappa shape index (κ1) is 23.0. The third-order valence-electron chi connectivity index (χ3n) is 6.85. The van der Waals surface area contributed by atoms with Crippen molar-refractivity contribution in [3.05, 3.63) is 65.9 Å². The molecular weight excluding hydrogens is 474 g/mol. The number of aromatic amines is 1. The average Bonchev–Trinajstić information content (AvgIpc) is 3.48. The minimum atomic E-state index is -0.550. The predicted molar refractivity (Wildman–Crippen MR) is 142 cm³/mol. The summed E-state index contributed by atoms with van der Waals surface area (Å²) in [5.41, 5.74) is 3.70. The van der Waals surface area contributed by atoms with Crippen LogP contribution in [0.5, 0.6) is 0 Å². The molecule has 6 rings (SSSR count). The van der Waals surface area contributed by atoms with E-state index in [1.54, 1.807) is 4.90 Å². The second kappa shape index (κ2) is 9.55. The van der Waals surface area contributed by atoms with E-state index in [4.69, 9.17) is 14.7 Å². The molecule has 9 heteroatoms. The third kappa shape index (κ3) is 4.02. The van der Waals surface area contributed by atoms with Gasteiger partial charge in [0.05, 0.1) is 24.2 Å². The fourth-order valence-corrected chi connectivity index (χ4v) is 6.05. The molecule has 1 fully saturated rings. The molecule has 0 saturated carbocycles. The van der Waals surface area contributed by atoms with Crippen molar-refractivity contribution in [3.63, 3.8) is 0 Å².